The number of nitrogens with zero attached hydrogens (tertiary/aromatic N) is 4. The Morgan fingerprint density at radius 3 is 2.40 bits per heavy atom. The van der Waals surface area contributed by atoms with Crippen LogP contribution in [0.3, 0.4) is 0 Å². The van der Waals surface area contributed by atoms with Gasteiger partial charge in [0.25, 0.3) is 11.8 Å². The van der Waals surface area contributed by atoms with E-state index in [4.69, 9.17) is 11.6 Å². The second-order valence-corrected chi connectivity index (χ2v) is 9.87. The molecule has 43 heavy (non-hydrogen) atoms. The van der Waals surface area contributed by atoms with Crippen LogP contribution < -0.4 is 10.6 Å². The first-order chi connectivity index (χ1) is 20.2. The first kappa shape index (κ1) is 31.2. The maximum Gasteiger partial charge on any atom is 0.416 e. The summed E-state index contributed by atoms with van der Waals surface area (Å²) in [5, 5.41) is 12.4. The highest BCUT2D eigenvalue weighted by Gasteiger charge is 2.33. The van der Waals surface area contributed by atoms with Crippen molar-refractivity contribution in [3.05, 3.63) is 105 Å². The molecule has 9 nitrogen and oxygen atoms in total. The molecule has 0 fully saturated rings. The number of halogens is 6. The minimum Gasteiger partial charge on any atom is -0.345 e. The molecule has 2 N–H and O–H groups in total. The summed E-state index contributed by atoms with van der Waals surface area (Å²) >= 11 is 6.33. The Morgan fingerprint density at radius 2 is 1.74 bits per heavy atom. The Balaban J connectivity index is 1.83. The van der Waals surface area contributed by atoms with Gasteiger partial charge in [0, 0.05) is 29.2 Å². The zero-order valence-corrected chi connectivity index (χ0v) is 23.2. The van der Waals surface area contributed by atoms with Gasteiger partial charge in [-0.25, -0.2) is 13.8 Å². The smallest absolute Gasteiger partial charge is 0.345 e. The maximum atomic E-state index is 14.2. The van der Waals surface area contributed by atoms with Crippen LogP contribution in [0.5, 0.6) is 0 Å². The lowest BCUT2D eigenvalue weighted by Crippen LogP contribution is -2.28. The van der Waals surface area contributed by atoms with Crippen molar-refractivity contribution in [1.82, 2.24) is 25.1 Å². The summed E-state index contributed by atoms with van der Waals surface area (Å²) < 4.78 is 69.3. The number of Topliss-reactive ketones (excluding diaryl/α,β-unsaturated/α-hetero) is 1. The summed E-state index contributed by atoms with van der Waals surface area (Å²) in [7, 11) is 0. The Kier molecular flexibility index (Phi) is 9.19. The average molecular weight is 621 g/mol. The summed E-state index contributed by atoms with van der Waals surface area (Å²) in [4.78, 5) is 43.0. The molecule has 0 bridgehead atoms. The van der Waals surface area contributed by atoms with E-state index < -0.39 is 59.0 Å². The van der Waals surface area contributed by atoms with Gasteiger partial charge in [0.05, 0.1) is 24.0 Å². The van der Waals surface area contributed by atoms with Crippen LogP contribution in [0.25, 0.3) is 0 Å². The minimum atomic E-state index is -4.94. The molecule has 0 aliphatic heterocycles. The molecule has 0 spiro atoms. The fraction of sp³-hybridized carbons (Fsp3) is 0.214. The fourth-order valence-corrected chi connectivity index (χ4v) is 4.58. The van der Waals surface area contributed by atoms with Crippen LogP contribution in [0, 0.1) is 11.6 Å². The van der Waals surface area contributed by atoms with Crippen LogP contribution in [-0.4, -0.2) is 37.3 Å². The number of benzene rings is 2. The SMILES string of the molecule is CC(=O)Cn1c(C(=O)NCc2ccnnc2)nc(NC(=O)c2cc(F)cc(C(F)(F)F)c2)c1[C@@H](C)c1cc(F)ccc1Cl. The van der Waals surface area contributed by atoms with Gasteiger partial charge in [-0.2, -0.15) is 23.4 Å². The molecule has 2 aromatic carbocycles. The predicted molar refractivity (Wildman–Crippen MR) is 144 cm³/mol. The molecule has 4 aromatic rings. The van der Waals surface area contributed by atoms with E-state index in [0.29, 0.717) is 17.7 Å². The standard InChI is InChI=1S/C28H22ClF5N6O3/c1-14(41)13-40-23(15(2)21-10-19(30)3-4-22(21)29)24(38-25(40)27(43)35-11-16-5-6-36-37-12-16)39-26(42)17-7-18(28(32,33)34)9-20(31)8-17/h3-10,12,15H,11,13H2,1-2H3,(H,35,43)(H,39,42)/t15-/m0/s1. The van der Waals surface area contributed by atoms with Crippen molar-refractivity contribution >= 4 is 35.0 Å². The number of aromatic nitrogens is 4. The summed E-state index contributed by atoms with van der Waals surface area (Å²) in [6.45, 7) is 2.33. The Labute approximate surface area is 246 Å². The monoisotopic (exact) mass is 620 g/mol. The van der Waals surface area contributed by atoms with E-state index in [9.17, 15) is 36.3 Å². The lowest BCUT2D eigenvalue weighted by Gasteiger charge is -2.19. The van der Waals surface area contributed by atoms with Crippen molar-refractivity contribution in [2.45, 2.75) is 39.0 Å². The number of hydrogen-bond donors (Lipinski definition) is 2. The number of nitrogens with one attached hydrogen (secondary N) is 2. The Bertz CT molecular complexity index is 1690. The van der Waals surface area contributed by atoms with Gasteiger partial charge < -0.3 is 15.2 Å². The summed E-state index contributed by atoms with van der Waals surface area (Å²) in [5.74, 6) is -5.99. The van der Waals surface area contributed by atoms with E-state index in [1.54, 1.807) is 6.07 Å². The molecular weight excluding hydrogens is 599 g/mol. The first-order valence-corrected chi connectivity index (χ1v) is 12.9. The molecular formula is C28H22ClF5N6O3. The zero-order valence-electron chi connectivity index (χ0n) is 22.5. The molecule has 0 saturated carbocycles. The molecule has 0 unspecified atom stereocenters. The van der Waals surface area contributed by atoms with E-state index >= 15 is 0 Å². The third-order valence-electron chi connectivity index (χ3n) is 6.24. The molecule has 4 rings (SSSR count). The van der Waals surface area contributed by atoms with Crippen LogP contribution in [0.15, 0.2) is 54.9 Å². The van der Waals surface area contributed by atoms with Gasteiger partial charge in [-0.15, -0.1) is 0 Å². The lowest BCUT2D eigenvalue weighted by molar-refractivity contribution is -0.137. The zero-order chi connectivity index (χ0) is 31.5. The van der Waals surface area contributed by atoms with Crippen molar-refractivity contribution in [3.8, 4) is 0 Å². The number of amides is 2. The number of anilines is 1. The molecule has 1 atom stereocenters. The number of alkyl halides is 3. The Morgan fingerprint density at radius 1 is 1.00 bits per heavy atom. The van der Waals surface area contributed by atoms with Crippen LogP contribution in [-0.2, 0) is 24.1 Å². The molecule has 2 amide bonds. The van der Waals surface area contributed by atoms with Gasteiger partial charge in [-0.1, -0.05) is 18.5 Å². The second kappa shape index (κ2) is 12.7. The number of carbonyl (C=O) groups excluding carboxylic acids is 3. The summed E-state index contributed by atoms with van der Waals surface area (Å²) in [5.41, 5.74) is -1.30. The van der Waals surface area contributed by atoms with Gasteiger partial charge in [0.1, 0.15) is 17.4 Å². The fourth-order valence-electron chi connectivity index (χ4n) is 4.29. The normalized spacial score (nSPS) is 12.1. The molecule has 15 heteroatoms. The van der Waals surface area contributed by atoms with Gasteiger partial charge in [0.15, 0.2) is 5.82 Å². The Hall–Kier alpha value is -4.72. The molecule has 0 aliphatic carbocycles. The van der Waals surface area contributed by atoms with Gasteiger partial charge >= 0.3 is 6.18 Å². The summed E-state index contributed by atoms with van der Waals surface area (Å²) in [6, 6.07) is 6.39. The van der Waals surface area contributed by atoms with Crippen LogP contribution in [0.1, 0.15) is 63.1 Å². The molecule has 0 radical (unpaired) electrons. The van der Waals surface area contributed by atoms with Crippen molar-refractivity contribution in [2.75, 3.05) is 5.32 Å². The van der Waals surface area contributed by atoms with E-state index in [0.717, 1.165) is 12.1 Å². The first-order valence-electron chi connectivity index (χ1n) is 12.5. The van der Waals surface area contributed by atoms with E-state index in [1.807, 2.05) is 0 Å². The van der Waals surface area contributed by atoms with Crippen LogP contribution in [0.2, 0.25) is 5.02 Å². The number of ketones is 1. The third-order valence-corrected chi connectivity index (χ3v) is 6.59. The quantitative estimate of drug-likeness (QED) is 0.237. The van der Waals surface area contributed by atoms with E-state index in [2.05, 4.69) is 25.8 Å². The van der Waals surface area contributed by atoms with E-state index in [1.165, 1.54) is 36.9 Å². The number of carbonyl (C=O) groups is 3. The third kappa shape index (κ3) is 7.38. The maximum absolute atomic E-state index is 14.2. The highest BCUT2D eigenvalue weighted by Crippen LogP contribution is 2.36. The molecule has 2 aromatic heterocycles. The van der Waals surface area contributed by atoms with Crippen molar-refractivity contribution in [1.29, 1.82) is 0 Å². The van der Waals surface area contributed by atoms with Crippen LogP contribution in [0.4, 0.5) is 27.8 Å². The van der Waals surface area contributed by atoms with Crippen molar-refractivity contribution in [2.24, 2.45) is 0 Å². The number of imidazole rings is 1. The topological polar surface area (TPSA) is 119 Å². The highest BCUT2D eigenvalue weighted by atomic mass is 35.5. The molecule has 0 saturated heterocycles. The van der Waals surface area contributed by atoms with Crippen molar-refractivity contribution < 1.29 is 36.3 Å². The van der Waals surface area contributed by atoms with Gasteiger partial charge in [0.2, 0.25) is 5.82 Å². The predicted octanol–water partition coefficient (Wildman–Crippen LogP) is 5.55. The average Bonchev–Trinajstić information content (AvgIpc) is 3.29. The lowest BCUT2D eigenvalue weighted by atomic mass is 9.96. The van der Waals surface area contributed by atoms with Gasteiger partial charge in [-0.3, -0.25) is 14.4 Å². The van der Waals surface area contributed by atoms with Gasteiger partial charge in [-0.05, 0) is 60.5 Å². The highest BCUT2D eigenvalue weighted by molar-refractivity contribution is 6.31. The van der Waals surface area contributed by atoms with Crippen LogP contribution >= 0.6 is 11.6 Å². The molecule has 224 valence electrons. The van der Waals surface area contributed by atoms with Crippen molar-refractivity contribution in [3.63, 3.8) is 0 Å². The minimum absolute atomic E-state index is 0.0132. The molecule has 2 heterocycles. The second-order valence-electron chi connectivity index (χ2n) is 9.46. The number of rotatable bonds is 9. The summed E-state index contributed by atoms with van der Waals surface area (Å²) in [6.07, 6.45) is -2.13. The largest absolute Gasteiger partial charge is 0.416 e. The van der Waals surface area contributed by atoms with E-state index in [-0.39, 0.29) is 40.5 Å². The number of hydrogen-bond acceptors (Lipinski definition) is 6. The molecule has 0 aliphatic rings.